The van der Waals surface area contributed by atoms with Gasteiger partial charge in [-0.25, -0.2) is 0 Å². The van der Waals surface area contributed by atoms with Crippen LogP contribution in [0.5, 0.6) is 0 Å². The summed E-state index contributed by atoms with van der Waals surface area (Å²) in [5, 5.41) is 11.5. The van der Waals surface area contributed by atoms with E-state index in [0.717, 1.165) is 37.7 Å². The Kier molecular flexibility index (Phi) is 5.69. The van der Waals surface area contributed by atoms with Crippen LogP contribution in [-0.4, -0.2) is 56.9 Å². The highest BCUT2D eigenvalue weighted by molar-refractivity contribution is 7.99. The fourth-order valence-electron chi connectivity index (χ4n) is 2.42. The summed E-state index contributed by atoms with van der Waals surface area (Å²) in [6.07, 6.45) is 1.75. The molecule has 0 radical (unpaired) electrons. The number of hydrogen-bond donors (Lipinski definition) is 1. The lowest BCUT2D eigenvalue weighted by atomic mass is 10.3. The first kappa shape index (κ1) is 16.5. The molecular weight excluding hydrogens is 330 g/mol. The van der Waals surface area contributed by atoms with Crippen molar-refractivity contribution in [2.24, 2.45) is 0 Å². The minimum absolute atomic E-state index is 0.00132. The molecule has 3 heterocycles. The van der Waals surface area contributed by atoms with Crippen molar-refractivity contribution < 1.29 is 4.79 Å². The molecule has 2 aromatic heterocycles. The fraction of sp³-hybridized carbons (Fsp3) is 0.533. The van der Waals surface area contributed by atoms with Crippen molar-refractivity contribution in [3.05, 3.63) is 33.8 Å². The van der Waals surface area contributed by atoms with Gasteiger partial charge in [0, 0.05) is 47.4 Å². The van der Waals surface area contributed by atoms with Gasteiger partial charge in [0.1, 0.15) is 0 Å². The molecule has 0 aliphatic carbocycles. The van der Waals surface area contributed by atoms with Gasteiger partial charge in [0.25, 0.3) is 5.91 Å². The second kappa shape index (κ2) is 7.94. The number of nitrogens with zero attached hydrogens (tertiary/aromatic N) is 4. The molecule has 124 valence electrons. The number of thiophene rings is 1. The minimum Gasteiger partial charge on any atom is -0.336 e. The van der Waals surface area contributed by atoms with Crippen LogP contribution >= 0.6 is 23.1 Å². The van der Waals surface area contributed by atoms with E-state index in [0.29, 0.717) is 12.2 Å². The van der Waals surface area contributed by atoms with Gasteiger partial charge in [0.05, 0.1) is 12.7 Å². The molecule has 0 spiro atoms. The van der Waals surface area contributed by atoms with Crippen LogP contribution in [0.25, 0.3) is 0 Å². The average Bonchev–Trinajstić information content (AvgIpc) is 3.21. The molecule has 0 saturated carbocycles. The van der Waals surface area contributed by atoms with Gasteiger partial charge < -0.3 is 10.2 Å². The van der Waals surface area contributed by atoms with Crippen LogP contribution in [0.15, 0.2) is 18.3 Å². The molecule has 2 aromatic rings. The summed E-state index contributed by atoms with van der Waals surface area (Å²) in [6, 6.07) is 4.28. The topological polar surface area (TPSA) is 63.1 Å². The number of carbonyl (C=O) groups is 1. The number of aromatic nitrogens is 3. The zero-order valence-electron chi connectivity index (χ0n) is 13.2. The van der Waals surface area contributed by atoms with Crippen molar-refractivity contribution in [3.8, 4) is 0 Å². The fourth-order valence-corrected chi connectivity index (χ4v) is 4.18. The number of thioether (sulfide) groups is 1. The molecule has 1 saturated heterocycles. The lowest BCUT2D eigenvalue weighted by Gasteiger charge is -2.25. The van der Waals surface area contributed by atoms with Gasteiger partial charge in [-0.05, 0) is 19.1 Å². The smallest absolute Gasteiger partial charge is 0.276 e. The van der Waals surface area contributed by atoms with Crippen molar-refractivity contribution in [1.82, 2.24) is 25.2 Å². The molecule has 0 bridgehead atoms. The third-order valence-corrected chi connectivity index (χ3v) is 5.61. The number of amides is 1. The van der Waals surface area contributed by atoms with Gasteiger partial charge in [0.15, 0.2) is 5.69 Å². The van der Waals surface area contributed by atoms with Crippen molar-refractivity contribution in [2.45, 2.75) is 20.0 Å². The van der Waals surface area contributed by atoms with Crippen LogP contribution in [0.2, 0.25) is 0 Å². The molecule has 6 nitrogen and oxygen atoms in total. The van der Waals surface area contributed by atoms with Gasteiger partial charge in [-0.3, -0.25) is 9.48 Å². The summed E-state index contributed by atoms with van der Waals surface area (Å²) in [4.78, 5) is 16.8. The standard InChI is InChI=1S/C15H21N5OS2/c1-12-2-3-13(23-12)10-16-4-5-20-11-14(17-18-20)15(21)19-6-8-22-9-7-19/h2-3,11,16H,4-10H2,1H3. The summed E-state index contributed by atoms with van der Waals surface area (Å²) in [5.74, 6) is 2.01. The van der Waals surface area contributed by atoms with E-state index in [1.807, 2.05) is 28.0 Å². The summed E-state index contributed by atoms with van der Waals surface area (Å²) in [6.45, 7) is 6.10. The third-order valence-electron chi connectivity index (χ3n) is 3.67. The molecule has 0 atom stereocenters. The average molecular weight is 352 g/mol. The van der Waals surface area contributed by atoms with Crippen LogP contribution in [0, 0.1) is 6.92 Å². The Hall–Kier alpha value is -1.38. The highest BCUT2D eigenvalue weighted by Gasteiger charge is 2.20. The number of carbonyl (C=O) groups excluding carboxylic acids is 1. The Labute approximate surface area is 144 Å². The van der Waals surface area contributed by atoms with Gasteiger partial charge in [0.2, 0.25) is 0 Å². The van der Waals surface area contributed by atoms with Gasteiger partial charge in [-0.15, -0.1) is 16.4 Å². The number of nitrogens with one attached hydrogen (secondary N) is 1. The van der Waals surface area contributed by atoms with Crippen molar-refractivity contribution >= 4 is 29.0 Å². The van der Waals surface area contributed by atoms with Crippen LogP contribution < -0.4 is 5.32 Å². The monoisotopic (exact) mass is 351 g/mol. The first-order chi connectivity index (χ1) is 11.2. The normalized spacial score (nSPS) is 15.1. The van der Waals surface area contributed by atoms with Crippen LogP contribution in [0.3, 0.4) is 0 Å². The second-order valence-corrected chi connectivity index (χ2v) is 8.06. The van der Waals surface area contributed by atoms with Crippen molar-refractivity contribution in [2.75, 3.05) is 31.1 Å². The summed E-state index contributed by atoms with van der Waals surface area (Å²) >= 11 is 3.70. The molecule has 0 aromatic carbocycles. The molecule has 1 amide bonds. The lowest BCUT2D eigenvalue weighted by molar-refractivity contribution is 0.0766. The van der Waals surface area contributed by atoms with Crippen LogP contribution in [-0.2, 0) is 13.1 Å². The van der Waals surface area contributed by atoms with E-state index in [-0.39, 0.29) is 5.91 Å². The Morgan fingerprint density at radius 3 is 2.91 bits per heavy atom. The zero-order valence-corrected chi connectivity index (χ0v) is 14.8. The second-order valence-electron chi connectivity index (χ2n) is 5.46. The number of rotatable bonds is 6. The van der Waals surface area contributed by atoms with E-state index in [9.17, 15) is 4.79 Å². The molecule has 1 aliphatic heterocycles. The lowest BCUT2D eigenvalue weighted by Crippen LogP contribution is -2.38. The minimum atomic E-state index is -0.00132. The van der Waals surface area contributed by atoms with Gasteiger partial charge in [-0.1, -0.05) is 5.21 Å². The predicted octanol–water partition coefficient (Wildman–Crippen LogP) is 1.63. The van der Waals surface area contributed by atoms with E-state index in [2.05, 4.69) is 34.7 Å². The Bertz CT molecular complexity index is 648. The van der Waals surface area contributed by atoms with E-state index in [1.165, 1.54) is 9.75 Å². The van der Waals surface area contributed by atoms with E-state index >= 15 is 0 Å². The SMILES string of the molecule is Cc1ccc(CNCCn2cc(C(=O)N3CCSCC3)nn2)s1. The van der Waals surface area contributed by atoms with Gasteiger partial charge >= 0.3 is 0 Å². The van der Waals surface area contributed by atoms with Crippen LogP contribution in [0.4, 0.5) is 0 Å². The number of aryl methyl sites for hydroxylation is 1. The molecule has 1 fully saturated rings. The predicted molar refractivity (Wildman–Crippen MR) is 94.0 cm³/mol. The largest absolute Gasteiger partial charge is 0.336 e. The Balaban J connectivity index is 1.44. The molecule has 3 rings (SSSR count). The first-order valence-electron chi connectivity index (χ1n) is 7.75. The highest BCUT2D eigenvalue weighted by atomic mass is 32.2. The summed E-state index contributed by atoms with van der Waals surface area (Å²) in [5.41, 5.74) is 0.450. The van der Waals surface area contributed by atoms with E-state index in [1.54, 1.807) is 10.9 Å². The molecule has 23 heavy (non-hydrogen) atoms. The van der Waals surface area contributed by atoms with Gasteiger partial charge in [-0.2, -0.15) is 11.8 Å². The van der Waals surface area contributed by atoms with E-state index < -0.39 is 0 Å². The van der Waals surface area contributed by atoms with Crippen LogP contribution in [0.1, 0.15) is 20.2 Å². The zero-order chi connectivity index (χ0) is 16.1. The molecule has 1 N–H and O–H groups in total. The maximum absolute atomic E-state index is 12.3. The number of hydrogen-bond acceptors (Lipinski definition) is 6. The maximum Gasteiger partial charge on any atom is 0.276 e. The quantitative estimate of drug-likeness (QED) is 0.802. The third kappa shape index (κ3) is 4.55. The summed E-state index contributed by atoms with van der Waals surface area (Å²) < 4.78 is 1.73. The van der Waals surface area contributed by atoms with E-state index in [4.69, 9.17) is 0 Å². The molecule has 8 heteroatoms. The maximum atomic E-state index is 12.3. The van der Waals surface area contributed by atoms with Crippen molar-refractivity contribution in [1.29, 1.82) is 0 Å². The molecule has 0 unspecified atom stereocenters. The highest BCUT2D eigenvalue weighted by Crippen LogP contribution is 2.14. The first-order valence-corrected chi connectivity index (χ1v) is 9.73. The van der Waals surface area contributed by atoms with Crippen molar-refractivity contribution in [3.63, 3.8) is 0 Å². The summed E-state index contributed by atoms with van der Waals surface area (Å²) in [7, 11) is 0. The Morgan fingerprint density at radius 1 is 1.35 bits per heavy atom. The molecule has 1 aliphatic rings. The Morgan fingerprint density at radius 2 is 2.17 bits per heavy atom. The molecular formula is C15H21N5OS2.